The average Bonchev–Trinajstić information content (AvgIpc) is 2.48. The van der Waals surface area contributed by atoms with Crippen LogP contribution in [0.1, 0.15) is 5.56 Å². The maximum Gasteiger partial charge on any atom is 0.307 e. The van der Waals surface area contributed by atoms with E-state index >= 15 is 0 Å². The molecule has 0 aromatic heterocycles. The number of aliphatic carboxylic acids is 1. The van der Waals surface area contributed by atoms with Crippen molar-refractivity contribution in [2.45, 2.75) is 11.3 Å². The third-order valence-corrected chi connectivity index (χ3v) is 4.04. The van der Waals surface area contributed by atoms with Crippen LogP contribution in [0.3, 0.4) is 0 Å². The standard InChI is InChI=1S/C16H14ClNO3S/c17-12-3-7-14(8-4-12)22-10-15(19)18-13-5-1-11(2-6-13)9-16(20)21/h1-8H,9-10H2,(H,18,19)(H,20,21). The highest BCUT2D eigenvalue weighted by atomic mass is 35.5. The summed E-state index contributed by atoms with van der Waals surface area (Å²) in [5.41, 5.74) is 1.34. The lowest BCUT2D eigenvalue weighted by molar-refractivity contribution is -0.136. The summed E-state index contributed by atoms with van der Waals surface area (Å²) in [5.74, 6) is -0.708. The third-order valence-electron chi connectivity index (χ3n) is 2.78. The molecule has 0 saturated heterocycles. The Hall–Kier alpha value is -1.98. The second-order valence-electron chi connectivity index (χ2n) is 4.56. The number of hydrogen-bond donors (Lipinski definition) is 2. The molecule has 0 spiro atoms. The molecule has 114 valence electrons. The van der Waals surface area contributed by atoms with Gasteiger partial charge in [0.25, 0.3) is 0 Å². The zero-order valence-corrected chi connectivity index (χ0v) is 13.2. The van der Waals surface area contributed by atoms with Crippen molar-refractivity contribution in [1.82, 2.24) is 0 Å². The lowest BCUT2D eigenvalue weighted by Gasteiger charge is -2.06. The summed E-state index contributed by atoms with van der Waals surface area (Å²) in [6, 6.07) is 14.1. The van der Waals surface area contributed by atoms with Gasteiger partial charge in [-0.3, -0.25) is 9.59 Å². The Morgan fingerprint density at radius 1 is 1.05 bits per heavy atom. The van der Waals surface area contributed by atoms with Gasteiger partial charge >= 0.3 is 5.97 Å². The molecule has 0 fully saturated rings. The first-order valence-electron chi connectivity index (χ1n) is 6.52. The molecule has 0 bridgehead atoms. The molecule has 0 aliphatic heterocycles. The van der Waals surface area contributed by atoms with Crippen molar-refractivity contribution in [3.63, 3.8) is 0 Å². The Bertz CT molecular complexity index is 656. The highest BCUT2D eigenvalue weighted by molar-refractivity contribution is 8.00. The van der Waals surface area contributed by atoms with E-state index < -0.39 is 5.97 Å². The summed E-state index contributed by atoms with van der Waals surface area (Å²) in [6.45, 7) is 0. The van der Waals surface area contributed by atoms with Crippen molar-refractivity contribution in [1.29, 1.82) is 0 Å². The summed E-state index contributed by atoms with van der Waals surface area (Å²) >= 11 is 7.22. The molecular weight excluding hydrogens is 322 g/mol. The van der Waals surface area contributed by atoms with Crippen molar-refractivity contribution >= 4 is 40.9 Å². The second-order valence-corrected chi connectivity index (χ2v) is 6.04. The summed E-state index contributed by atoms with van der Waals surface area (Å²) in [4.78, 5) is 23.4. The molecule has 0 aliphatic carbocycles. The molecule has 0 unspecified atom stereocenters. The van der Waals surface area contributed by atoms with Gasteiger partial charge in [-0.25, -0.2) is 0 Å². The van der Waals surface area contributed by atoms with E-state index in [1.54, 1.807) is 36.4 Å². The van der Waals surface area contributed by atoms with E-state index in [1.807, 2.05) is 12.1 Å². The van der Waals surface area contributed by atoms with E-state index in [0.29, 0.717) is 22.0 Å². The number of nitrogens with one attached hydrogen (secondary N) is 1. The number of rotatable bonds is 6. The van der Waals surface area contributed by atoms with Crippen molar-refractivity contribution in [3.05, 3.63) is 59.1 Å². The molecular formula is C16H14ClNO3S. The number of carboxylic acid groups (broad SMARTS) is 1. The molecule has 6 heteroatoms. The molecule has 1 amide bonds. The molecule has 22 heavy (non-hydrogen) atoms. The zero-order valence-electron chi connectivity index (χ0n) is 11.6. The van der Waals surface area contributed by atoms with Crippen LogP contribution >= 0.6 is 23.4 Å². The Balaban J connectivity index is 1.83. The van der Waals surface area contributed by atoms with Gasteiger partial charge in [-0.05, 0) is 42.0 Å². The van der Waals surface area contributed by atoms with Crippen molar-refractivity contribution < 1.29 is 14.7 Å². The molecule has 4 nitrogen and oxygen atoms in total. The zero-order chi connectivity index (χ0) is 15.9. The van der Waals surface area contributed by atoms with E-state index in [4.69, 9.17) is 16.7 Å². The number of halogens is 1. The van der Waals surface area contributed by atoms with Gasteiger partial charge in [-0.15, -0.1) is 11.8 Å². The highest BCUT2D eigenvalue weighted by Gasteiger charge is 2.05. The number of carboxylic acids is 1. The minimum absolute atomic E-state index is 0.0271. The minimum atomic E-state index is -0.879. The number of thioether (sulfide) groups is 1. The quantitative estimate of drug-likeness (QED) is 0.790. The number of hydrogen-bond acceptors (Lipinski definition) is 3. The van der Waals surface area contributed by atoms with Gasteiger partial charge in [-0.1, -0.05) is 23.7 Å². The van der Waals surface area contributed by atoms with E-state index in [0.717, 1.165) is 4.90 Å². The molecule has 0 aliphatic rings. The Kier molecular flexibility index (Phi) is 5.86. The molecule has 0 radical (unpaired) electrons. The van der Waals surface area contributed by atoms with Crippen LogP contribution < -0.4 is 5.32 Å². The smallest absolute Gasteiger partial charge is 0.307 e. The first kappa shape index (κ1) is 16.4. The van der Waals surface area contributed by atoms with Gasteiger partial charge in [0.05, 0.1) is 12.2 Å². The summed E-state index contributed by atoms with van der Waals surface area (Å²) in [5, 5.41) is 12.1. The summed E-state index contributed by atoms with van der Waals surface area (Å²) < 4.78 is 0. The molecule has 0 atom stereocenters. The van der Waals surface area contributed by atoms with Crippen molar-refractivity contribution in [3.8, 4) is 0 Å². The van der Waals surface area contributed by atoms with Crippen LogP contribution in [0.15, 0.2) is 53.4 Å². The van der Waals surface area contributed by atoms with E-state index in [1.165, 1.54) is 11.8 Å². The molecule has 2 N–H and O–H groups in total. The highest BCUT2D eigenvalue weighted by Crippen LogP contribution is 2.20. The lowest BCUT2D eigenvalue weighted by atomic mass is 10.1. The maximum atomic E-state index is 11.9. The van der Waals surface area contributed by atoms with Crippen LogP contribution in [0.4, 0.5) is 5.69 Å². The van der Waals surface area contributed by atoms with Crippen LogP contribution in [-0.2, 0) is 16.0 Å². The maximum absolute atomic E-state index is 11.9. The van der Waals surface area contributed by atoms with Gasteiger partial charge in [0, 0.05) is 15.6 Å². The number of carbonyl (C=O) groups is 2. The fourth-order valence-electron chi connectivity index (χ4n) is 1.76. The van der Waals surface area contributed by atoms with Crippen LogP contribution in [0.25, 0.3) is 0 Å². The van der Waals surface area contributed by atoms with E-state index in [-0.39, 0.29) is 12.3 Å². The monoisotopic (exact) mass is 335 g/mol. The fraction of sp³-hybridized carbons (Fsp3) is 0.125. The molecule has 2 rings (SSSR count). The second kappa shape index (κ2) is 7.87. The Morgan fingerprint density at radius 3 is 2.27 bits per heavy atom. The normalized spacial score (nSPS) is 10.2. The van der Waals surface area contributed by atoms with Gasteiger partial charge in [-0.2, -0.15) is 0 Å². The van der Waals surface area contributed by atoms with Crippen LogP contribution in [-0.4, -0.2) is 22.7 Å². The van der Waals surface area contributed by atoms with Crippen molar-refractivity contribution in [2.24, 2.45) is 0 Å². The van der Waals surface area contributed by atoms with Gasteiger partial charge in [0.15, 0.2) is 0 Å². The topological polar surface area (TPSA) is 66.4 Å². The van der Waals surface area contributed by atoms with E-state index in [2.05, 4.69) is 5.32 Å². The molecule has 2 aromatic carbocycles. The number of benzene rings is 2. The molecule has 0 heterocycles. The van der Waals surface area contributed by atoms with Gasteiger partial charge < -0.3 is 10.4 Å². The van der Waals surface area contributed by atoms with Gasteiger partial charge in [0.2, 0.25) is 5.91 Å². The summed E-state index contributed by atoms with van der Waals surface area (Å²) in [6.07, 6.45) is -0.0271. The van der Waals surface area contributed by atoms with Crippen LogP contribution in [0.2, 0.25) is 5.02 Å². The predicted molar refractivity (Wildman–Crippen MR) is 88.6 cm³/mol. The number of carbonyl (C=O) groups excluding carboxylic acids is 1. The van der Waals surface area contributed by atoms with Gasteiger partial charge in [0.1, 0.15) is 0 Å². The Morgan fingerprint density at radius 2 is 1.68 bits per heavy atom. The average molecular weight is 336 g/mol. The first-order valence-corrected chi connectivity index (χ1v) is 7.88. The largest absolute Gasteiger partial charge is 0.481 e. The predicted octanol–water partition coefficient (Wildman–Crippen LogP) is 3.70. The van der Waals surface area contributed by atoms with Crippen LogP contribution in [0, 0.1) is 0 Å². The fourth-order valence-corrected chi connectivity index (χ4v) is 2.58. The number of amides is 1. The lowest BCUT2D eigenvalue weighted by Crippen LogP contribution is -2.14. The minimum Gasteiger partial charge on any atom is -0.481 e. The summed E-state index contributed by atoms with van der Waals surface area (Å²) in [7, 11) is 0. The molecule has 2 aromatic rings. The Labute approximate surface area is 137 Å². The van der Waals surface area contributed by atoms with E-state index in [9.17, 15) is 9.59 Å². The SMILES string of the molecule is O=C(O)Cc1ccc(NC(=O)CSc2ccc(Cl)cc2)cc1. The number of anilines is 1. The first-order chi connectivity index (χ1) is 10.5. The van der Waals surface area contributed by atoms with Crippen LogP contribution in [0.5, 0.6) is 0 Å². The molecule has 0 saturated carbocycles. The van der Waals surface area contributed by atoms with Crippen molar-refractivity contribution in [2.75, 3.05) is 11.1 Å². The third kappa shape index (κ3) is 5.42.